The quantitative estimate of drug-likeness (QED) is 0.706. The molecule has 0 atom stereocenters. The molecule has 0 spiro atoms. The van der Waals surface area contributed by atoms with Crippen molar-refractivity contribution < 1.29 is 13.2 Å². The van der Waals surface area contributed by atoms with Crippen molar-refractivity contribution in [3.05, 3.63) is 22.7 Å². The molecule has 1 aromatic rings. The SMILES string of the molecule is Cc1cc(Cl)c(N)cc1S(=O)(=O)NCC(=O)NC(C)C. The molecule has 6 nitrogen and oxygen atoms in total. The van der Waals surface area contributed by atoms with Crippen LogP contribution >= 0.6 is 11.6 Å². The number of rotatable bonds is 5. The molecule has 0 radical (unpaired) electrons. The van der Waals surface area contributed by atoms with Gasteiger partial charge in [-0.3, -0.25) is 4.79 Å². The summed E-state index contributed by atoms with van der Waals surface area (Å²) in [6.45, 7) is 4.85. The van der Waals surface area contributed by atoms with Gasteiger partial charge in [-0.1, -0.05) is 11.6 Å². The van der Waals surface area contributed by atoms with E-state index in [4.69, 9.17) is 17.3 Å². The normalized spacial score (nSPS) is 11.7. The van der Waals surface area contributed by atoms with Crippen molar-refractivity contribution in [3.8, 4) is 0 Å². The van der Waals surface area contributed by atoms with Gasteiger partial charge in [-0.2, -0.15) is 0 Å². The average molecular weight is 320 g/mol. The molecule has 0 heterocycles. The highest BCUT2D eigenvalue weighted by Gasteiger charge is 2.19. The van der Waals surface area contributed by atoms with E-state index in [2.05, 4.69) is 10.0 Å². The fourth-order valence-electron chi connectivity index (χ4n) is 1.57. The third kappa shape index (κ3) is 4.36. The van der Waals surface area contributed by atoms with E-state index >= 15 is 0 Å². The van der Waals surface area contributed by atoms with Crippen LogP contribution in [0.2, 0.25) is 5.02 Å². The van der Waals surface area contributed by atoms with Crippen molar-refractivity contribution in [3.63, 3.8) is 0 Å². The summed E-state index contributed by atoms with van der Waals surface area (Å²) in [4.78, 5) is 11.5. The smallest absolute Gasteiger partial charge is 0.241 e. The highest BCUT2D eigenvalue weighted by atomic mass is 35.5. The molecule has 112 valence electrons. The fourth-order valence-corrected chi connectivity index (χ4v) is 3.03. The number of sulfonamides is 1. The van der Waals surface area contributed by atoms with Crippen molar-refractivity contribution >= 4 is 33.2 Å². The highest BCUT2D eigenvalue weighted by Crippen LogP contribution is 2.25. The van der Waals surface area contributed by atoms with Gasteiger partial charge in [-0.05, 0) is 38.5 Å². The third-order valence-electron chi connectivity index (χ3n) is 2.46. The highest BCUT2D eigenvalue weighted by molar-refractivity contribution is 7.89. The van der Waals surface area contributed by atoms with E-state index in [9.17, 15) is 13.2 Å². The zero-order valence-corrected chi connectivity index (χ0v) is 13.1. The van der Waals surface area contributed by atoms with Crippen LogP contribution in [-0.4, -0.2) is 26.9 Å². The van der Waals surface area contributed by atoms with Crippen LogP contribution < -0.4 is 15.8 Å². The lowest BCUT2D eigenvalue weighted by Gasteiger charge is -2.12. The van der Waals surface area contributed by atoms with Gasteiger partial charge in [0.25, 0.3) is 0 Å². The first-order chi connectivity index (χ1) is 9.13. The van der Waals surface area contributed by atoms with Crippen LogP contribution in [0.5, 0.6) is 0 Å². The summed E-state index contributed by atoms with van der Waals surface area (Å²) in [6.07, 6.45) is 0. The topological polar surface area (TPSA) is 101 Å². The van der Waals surface area contributed by atoms with Crippen LogP contribution in [-0.2, 0) is 14.8 Å². The number of nitrogens with one attached hydrogen (secondary N) is 2. The molecule has 20 heavy (non-hydrogen) atoms. The molecule has 0 aromatic heterocycles. The molecule has 0 fully saturated rings. The zero-order chi connectivity index (χ0) is 15.5. The Morgan fingerprint density at radius 2 is 2.00 bits per heavy atom. The van der Waals surface area contributed by atoms with Crippen molar-refractivity contribution in [2.24, 2.45) is 0 Å². The number of halogens is 1. The largest absolute Gasteiger partial charge is 0.397 e. The number of nitrogen functional groups attached to an aromatic ring is 1. The van der Waals surface area contributed by atoms with E-state index in [0.29, 0.717) is 10.6 Å². The number of anilines is 1. The summed E-state index contributed by atoms with van der Waals surface area (Å²) in [6, 6.07) is 2.69. The minimum absolute atomic E-state index is 0.0109. The van der Waals surface area contributed by atoms with Crippen LogP contribution in [0.25, 0.3) is 0 Å². The monoisotopic (exact) mass is 319 g/mol. The Labute approximate surface area is 123 Å². The second-order valence-corrected chi connectivity index (χ2v) is 6.83. The maximum atomic E-state index is 12.1. The van der Waals surface area contributed by atoms with Gasteiger partial charge in [0.15, 0.2) is 0 Å². The van der Waals surface area contributed by atoms with Gasteiger partial charge in [0, 0.05) is 6.04 Å². The van der Waals surface area contributed by atoms with Crippen molar-refractivity contribution in [1.82, 2.24) is 10.0 Å². The lowest BCUT2D eigenvalue weighted by atomic mass is 10.2. The van der Waals surface area contributed by atoms with Gasteiger partial charge in [-0.25, -0.2) is 13.1 Å². The van der Waals surface area contributed by atoms with Crippen LogP contribution in [0.3, 0.4) is 0 Å². The molecule has 1 rings (SSSR count). The van der Waals surface area contributed by atoms with E-state index in [0.717, 1.165) is 0 Å². The van der Waals surface area contributed by atoms with E-state index in [1.807, 2.05) is 0 Å². The van der Waals surface area contributed by atoms with Gasteiger partial charge >= 0.3 is 0 Å². The van der Waals surface area contributed by atoms with E-state index in [1.165, 1.54) is 12.1 Å². The molecule has 0 unspecified atom stereocenters. The second kappa shape index (κ2) is 6.43. The third-order valence-corrected chi connectivity index (χ3v) is 4.33. The number of amides is 1. The first-order valence-electron chi connectivity index (χ1n) is 5.98. The Morgan fingerprint density at radius 1 is 1.40 bits per heavy atom. The molecule has 0 aliphatic heterocycles. The summed E-state index contributed by atoms with van der Waals surface area (Å²) in [5, 5.41) is 2.88. The molecule has 0 aliphatic carbocycles. The van der Waals surface area contributed by atoms with Crippen molar-refractivity contribution in [2.45, 2.75) is 31.7 Å². The van der Waals surface area contributed by atoms with Gasteiger partial charge in [-0.15, -0.1) is 0 Å². The van der Waals surface area contributed by atoms with Gasteiger partial charge in [0.1, 0.15) is 0 Å². The molecule has 1 amide bonds. The number of aryl methyl sites for hydroxylation is 1. The minimum Gasteiger partial charge on any atom is -0.397 e. The summed E-state index contributed by atoms with van der Waals surface area (Å²) < 4.78 is 26.5. The number of carbonyl (C=O) groups excluding carboxylic acids is 1. The lowest BCUT2D eigenvalue weighted by molar-refractivity contribution is -0.120. The van der Waals surface area contributed by atoms with Crippen LogP contribution in [0.1, 0.15) is 19.4 Å². The zero-order valence-electron chi connectivity index (χ0n) is 11.5. The van der Waals surface area contributed by atoms with Crippen molar-refractivity contribution in [2.75, 3.05) is 12.3 Å². The lowest BCUT2D eigenvalue weighted by Crippen LogP contribution is -2.39. The van der Waals surface area contributed by atoms with E-state index < -0.39 is 15.9 Å². The summed E-state index contributed by atoms with van der Waals surface area (Å²) in [7, 11) is -3.81. The molecule has 0 saturated carbocycles. The molecular formula is C12H18ClN3O3S. The van der Waals surface area contributed by atoms with E-state index in [-0.39, 0.29) is 23.2 Å². The summed E-state index contributed by atoms with van der Waals surface area (Å²) in [5.41, 5.74) is 6.23. The molecule has 0 aliphatic rings. The average Bonchev–Trinajstić information content (AvgIpc) is 2.30. The van der Waals surface area contributed by atoms with E-state index in [1.54, 1.807) is 20.8 Å². The molecule has 0 bridgehead atoms. The number of hydrogen-bond acceptors (Lipinski definition) is 4. The Balaban J connectivity index is 2.90. The van der Waals surface area contributed by atoms with Crippen LogP contribution in [0.4, 0.5) is 5.69 Å². The minimum atomic E-state index is -3.81. The number of benzene rings is 1. The Bertz CT molecular complexity index is 615. The van der Waals surface area contributed by atoms with Crippen LogP contribution in [0.15, 0.2) is 17.0 Å². The molecule has 1 aromatic carbocycles. The predicted molar refractivity (Wildman–Crippen MR) is 79.1 cm³/mol. The van der Waals surface area contributed by atoms with Gasteiger partial charge < -0.3 is 11.1 Å². The molecular weight excluding hydrogens is 302 g/mol. The Kier molecular flexibility index (Phi) is 5.38. The number of hydrogen-bond donors (Lipinski definition) is 3. The number of carbonyl (C=O) groups is 1. The first-order valence-corrected chi connectivity index (χ1v) is 7.84. The molecule has 4 N–H and O–H groups in total. The van der Waals surface area contributed by atoms with Crippen molar-refractivity contribution in [1.29, 1.82) is 0 Å². The standard InChI is InChI=1S/C12H18ClN3O3S/c1-7(2)16-12(17)6-15-20(18,19)11-5-10(14)9(13)4-8(11)3/h4-5,7,15H,6,14H2,1-3H3,(H,16,17). The van der Waals surface area contributed by atoms with Crippen LogP contribution in [0, 0.1) is 6.92 Å². The molecule has 8 heteroatoms. The maximum Gasteiger partial charge on any atom is 0.241 e. The number of nitrogens with two attached hydrogens (primary N) is 1. The summed E-state index contributed by atoms with van der Waals surface area (Å²) >= 11 is 5.82. The van der Waals surface area contributed by atoms with Gasteiger partial charge in [0.05, 0.1) is 22.2 Å². The second-order valence-electron chi connectivity index (χ2n) is 4.69. The predicted octanol–water partition coefficient (Wildman–Crippen LogP) is 1.03. The summed E-state index contributed by atoms with van der Waals surface area (Å²) in [5.74, 6) is -0.400. The Morgan fingerprint density at radius 3 is 2.55 bits per heavy atom. The fraction of sp³-hybridized carbons (Fsp3) is 0.417. The first kappa shape index (κ1) is 16.7. The maximum absolute atomic E-state index is 12.1. The Hall–Kier alpha value is -1.31. The van der Waals surface area contributed by atoms with Gasteiger partial charge in [0.2, 0.25) is 15.9 Å². The molecule has 0 saturated heterocycles.